The number of rotatable bonds is 2. The van der Waals surface area contributed by atoms with Crippen LogP contribution in [0.4, 0.5) is 5.69 Å². The van der Waals surface area contributed by atoms with Gasteiger partial charge in [0.15, 0.2) is 0 Å². The third-order valence-electron chi connectivity index (χ3n) is 1.45. The van der Waals surface area contributed by atoms with E-state index in [2.05, 4.69) is 4.99 Å². The molecule has 82 valence electrons. The Labute approximate surface area is 99.5 Å². The third-order valence-corrected chi connectivity index (χ3v) is 2.80. The van der Waals surface area contributed by atoms with Gasteiger partial charge in [0, 0.05) is 10.8 Å². The fourth-order valence-corrected chi connectivity index (χ4v) is 1.96. The predicted molar refractivity (Wildman–Crippen MR) is 63.4 cm³/mol. The molecular formula is C10H7NO3S2. The topological polar surface area (TPSA) is 66.7 Å². The predicted octanol–water partition coefficient (Wildman–Crippen LogP) is 3.16. The zero-order valence-electron chi connectivity index (χ0n) is 7.99. The fraction of sp³-hybridized carbons (Fsp3) is 0. The Balaban J connectivity index is 0.000000160. The first kappa shape index (κ1) is 12.3. The van der Waals surface area contributed by atoms with Crippen molar-refractivity contribution in [1.82, 2.24) is 0 Å². The monoisotopic (exact) mass is 253 g/mol. The van der Waals surface area contributed by atoms with E-state index in [1.807, 2.05) is 5.38 Å². The van der Waals surface area contributed by atoms with Crippen LogP contribution in [0.25, 0.3) is 0 Å². The fourth-order valence-electron chi connectivity index (χ4n) is 0.760. The number of carboxylic acid groups (broad SMARTS) is 1. The molecule has 0 unspecified atom stereocenters. The Kier molecular flexibility index (Phi) is 5.15. The van der Waals surface area contributed by atoms with Gasteiger partial charge in [0.25, 0.3) is 0 Å². The summed E-state index contributed by atoms with van der Waals surface area (Å²) < 4.78 is 0. The minimum Gasteiger partial charge on any atom is -0.478 e. The van der Waals surface area contributed by atoms with Crippen molar-refractivity contribution < 1.29 is 14.7 Å². The maximum absolute atomic E-state index is 10.1. The van der Waals surface area contributed by atoms with Crippen LogP contribution < -0.4 is 0 Å². The van der Waals surface area contributed by atoms with Crippen LogP contribution in [0.1, 0.15) is 10.4 Å². The molecule has 0 spiro atoms. The van der Waals surface area contributed by atoms with E-state index < -0.39 is 5.97 Å². The third kappa shape index (κ3) is 4.18. The Morgan fingerprint density at radius 2 is 1.94 bits per heavy atom. The van der Waals surface area contributed by atoms with Gasteiger partial charge < -0.3 is 5.11 Å². The van der Waals surface area contributed by atoms with Gasteiger partial charge in [0.05, 0.1) is 11.3 Å². The molecule has 2 aromatic heterocycles. The molecule has 0 aliphatic rings. The molecule has 0 fully saturated rings. The summed E-state index contributed by atoms with van der Waals surface area (Å²) in [6.07, 6.45) is 1.45. The summed E-state index contributed by atoms with van der Waals surface area (Å²) in [7, 11) is 0. The standard InChI is InChI=1S/C5H3NOS.C5H4O2S/c7-4-6-5-1-2-8-3-5;6-5(7)4-1-2-8-3-4/h1-3H;1-3H,(H,6,7). The summed E-state index contributed by atoms with van der Waals surface area (Å²) in [5, 5.41) is 15.3. The van der Waals surface area contributed by atoms with Gasteiger partial charge in [-0.1, -0.05) is 0 Å². The van der Waals surface area contributed by atoms with E-state index in [-0.39, 0.29) is 0 Å². The van der Waals surface area contributed by atoms with E-state index in [0.717, 1.165) is 0 Å². The molecule has 0 saturated heterocycles. The molecule has 0 bridgehead atoms. The lowest BCUT2D eigenvalue weighted by atomic mass is 10.4. The molecule has 0 aliphatic carbocycles. The van der Waals surface area contributed by atoms with E-state index in [4.69, 9.17) is 5.11 Å². The second-order valence-electron chi connectivity index (χ2n) is 2.50. The van der Waals surface area contributed by atoms with Gasteiger partial charge >= 0.3 is 5.97 Å². The molecule has 2 heterocycles. The number of nitrogens with zero attached hydrogens (tertiary/aromatic N) is 1. The second kappa shape index (κ2) is 6.68. The highest BCUT2D eigenvalue weighted by Crippen LogP contribution is 2.13. The zero-order chi connectivity index (χ0) is 11.8. The van der Waals surface area contributed by atoms with Gasteiger partial charge in [0.1, 0.15) is 0 Å². The first-order valence-electron chi connectivity index (χ1n) is 4.09. The summed E-state index contributed by atoms with van der Waals surface area (Å²) in [5.74, 6) is -0.855. The van der Waals surface area contributed by atoms with Crippen LogP contribution in [0.5, 0.6) is 0 Å². The zero-order valence-corrected chi connectivity index (χ0v) is 9.62. The van der Waals surface area contributed by atoms with Crippen molar-refractivity contribution in [2.24, 2.45) is 4.99 Å². The quantitative estimate of drug-likeness (QED) is 0.660. The molecule has 2 rings (SSSR count). The molecule has 2 aromatic rings. The number of aliphatic imine (C=N–C) groups is 1. The Hall–Kier alpha value is -1.75. The van der Waals surface area contributed by atoms with E-state index in [9.17, 15) is 9.59 Å². The lowest BCUT2D eigenvalue weighted by Gasteiger charge is -1.78. The highest BCUT2D eigenvalue weighted by atomic mass is 32.1. The summed E-state index contributed by atoms with van der Waals surface area (Å²) in [5.41, 5.74) is 1.06. The van der Waals surface area contributed by atoms with Gasteiger partial charge in [0.2, 0.25) is 6.08 Å². The number of hydrogen-bond acceptors (Lipinski definition) is 5. The van der Waals surface area contributed by atoms with Crippen LogP contribution in [0, 0.1) is 0 Å². The normalized spacial score (nSPS) is 8.50. The molecule has 0 radical (unpaired) electrons. The minimum absolute atomic E-state index is 0.370. The average molecular weight is 253 g/mol. The summed E-state index contributed by atoms with van der Waals surface area (Å²) in [4.78, 5) is 23.0. The molecule has 0 amide bonds. The van der Waals surface area contributed by atoms with Crippen LogP contribution in [0.3, 0.4) is 0 Å². The number of carbonyl (C=O) groups excluding carboxylic acids is 1. The van der Waals surface area contributed by atoms with Crippen molar-refractivity contribution in [3.8, 4) is 0 Å². The van der Waals surface area contributed by atoms with Crippen LogP contribution in [-0.4, -0.2) is 17.2 Å². The van der Waals surface area contributed by atoms with Gasteiger partial charge in [-0.15, -0.1) is 0 Å². The Morgan fingerprint density at radius 3 is 2.31 bits per heavy atom. The van der Waals surface area contributed by atoms with E-state index in [0.29, 0.717) is 11.3 Å². The first-order valence-corrected chi connectivity index (χ1v) is 5.98. The van der Waals surface area contributed by atoms with Crippen molar-refractivity contribution in [3.05, 3.63) is 39.2 Å². The SMILES string of the molecule is O=C(O)c1ccsc1.O=C=Nc1ccsc1. The molecule has 0 atom stereocenters. The Morgan fingerprint density at radius 1 is 1.25 bits per heavy atom. The van der Waals surface area contributed by atoms with Gasteiger partial charge in [-0.25, -0.2) is 9.59 Å². The summed E-state index contributed by atoms with van der Waals surface area (Å²) in [6.45, 7) is 0. The average Bonchev–Trinajstić information content (AvgIpc) is 2.91. The number of aromatic carboxylic acids is 1. The van der Waals surface area contributed by atoms with Crippen molar-refractivity contribution in [2.45, 2.75) is 0 Å². The first-order chi connectivity index (χ1) is 7.74. The maximum Gasteiger partial charge on any atom is 0.336 e. The molecule has 0 saturated carbocycles. The van der Waals surface area contributed by atoms with Crippen molar-refractivity contribution >= 4 is 40.4 Å². The molecule has 0 aliphatic heterocycles. The van der Waals surface area contributed by atoms with Crippen LogP contribution in [0.2, 0.25) is 0 Å². The van der Waals surface area contributed by atoms with Gasteiger partial charge in [-0.05, 0) is 22.9 Å². The highest BCUT2D eigenvalue weighted by molar-refractivity contribution is 7.08. The number of thiophene rings is 2. The smallest absolute Gasteiger partial charge is 0.336 e. The summed E-state index contributed by atoms with van der Waals surface area (Å²) >= 11 is 2.89. The molecule has 1 N–H and O–H groups in total. The number of carbonyl (C=O) groups is 1. The van der Waals surface area contributed by atoms with Crippen LogP contribution in [-0.2, 0) is 4.79 Å². The molecule has 0 aromatic carbocycles. The highest BCUT2D eigenvalue weighted by Gasteiger charge is 1.98. The van der Waals surface area contributed by atoms with Crippen molar-refractivity contribution in [3.63, 3.8) is 0 Å². The lowest BCUT2D eigenvalue weighted by molar-refractivity contribution is 0.0697. The van der Waals surface area contributed by atoms with Crippen molar-refractivity contribution in [1.29, 1.82) is 0 Å². The Bertz CT molecular complexity index is 438. The van der Waals surface area contributed by atoms with Crippen LogP contribution >= 0.6 is 22.7 Å². The lowest BCUT2D eigenvalue weighted by Crippen LogP contribution is -1.90. The summed E-state index contributed by atoms with van der Waals surface area (Å²) in [6, 6.07) is 3.34. The minimum atomic E-state index is -0.855. The molecular weight excluding hydrogens is 246 g/mol. The maximum atomic E-state index is 10.1. The van der Waals surface area contributed by atoms with Crippen molar-refractivity contribution in [2.75, 3.05) is 0 Å². The number of isocyanates is 1. The van der Waals surface area contributed by atoms with E-state index >= 15 is 0 Å². The molecule has 6 heteroatoms. The van der Waals surface area contributed by atoms with Crippen LogP contribution in [0.15, 0.2) is 38.6 Å². The number of carboxylic acids is 1. The molecule has 16 heavy (non-hydrogen) atoms. The molecule has 4 nitrogen and oxygen atoms in total. The van der Waals surface area contributed by atoms with E-state index in [1.54, 1.807) is 28.3 Å². The van der Waals surface area contributed by atoms with E-state index in [1.165, 1.54) is 28.8 Å². The number of hydrogen-bond donors (Lipinski definition) is 1. The largest absolute Gasteiger partial charge is 0.478 e. The van der Waals surface area contributed by atoms with Gasteiger partial charge in [-0.2, -0.15) is 27.7 Å². The van der Waals surface area contributed by atoms with Gasteiger partial charge in [-0.3, -0.25) is 0 Å². The second-order valence-corrected chi connectivity index (χ2v) is 4.06.